The highest BCUT2D eigenvalue weighted by Crippen LogP contribution is 2.36. The molecule has 2 heterocycles. The Morgan fingerprint density at radius 1 is 0.636 bits per heavy atom. The molecule has 0 atom stereocenters. The molecule has 5 rings (SSSR count). The molecule has 0 saturated heterocycles. The molecule has 0 aliphatic rings. The van der Waals surface area contributed by atoms with E-state index in [-0.39, 0.29) is 0 Å². The van der Waals surface area contributed by atoms with E-state index in [0.717, 1.165) is 22.1 Å². The number of nitrogens with zero attached hydrogens (tertiary/aromatic N) is 7. The third kappa shape index (κ3) is 3.95. The van der Waals surface area contributed by atoms with Gasteiger partial charge in [0.25, 0.3) is 0 Å². The van der Waals surface area contributed by atoms with Crippen LogP contribution in [0.1, 0.15) is 50.7 Å². The van der Waals surface area contributed by atoms with Crippen molar-refractivity contribution in [3.05, 3.63) is 77.9 Å². The Kier molecular flexibility index (Phi) is 5.54. The van der Waals surface area contributed by atoms with Crippen molar-refractivity contribution in [1.82, 2.24) is 30.0 Å². The molecule has 0 spiro atoms. The maximum Gasteiger partial charge on any atom is 0.116 e. The number of hydrogen-bond acceptors (Lipinski definition) is 5. The highest BCUT2D eigenvalue weighted by molar-refractivity contribution is 5.75. The van der Waals surface area contributed by atoms with Crippen LogP contribution in [-0.4, -0.2) is 30.0 Å². The van der Waals surface area contributed by atoms with Crippen molar-refractivity contribution in [3.8, 4) is 0 Å². The highest BCUT2D eigenvalue weighted by atomic mass is 15.5. The lowest BCUT2D eigenvalue weighted by Gasteiger charge is -2.31. The second-order valence-corrected chi connectivity index (χ2v) is 9.07. The summed E-state index contributed by atoms with van der Waals surface area (Å²) < 4.78 is 3.94. The van der Waals surface area contributed by atoms with Crippen LogP contribution in [0.2, 0.25) is 0 Å². The zero-order valence-corrected chi connectivity index (χ0v) is 19.6. The zero-order chi connectivity index (χ0) is 22.9. The van der Waals surface area contributed by atoms with Gasteiger partial charge in [0.2, 0.25) is 0 Å². The first kappa shape index (κ1) is 21.1. The Hall–Kier alpha value is -3.74. The lowest BCUT2D eigenvalue weighted by Crippen LogP contribution is -2.32. The number of fused-ring (bicyclic) bond motifs is 2. The van der Waals surface area contributed by atoms with Gasteiger partial charge in [0.1, 0.15) is 24.4 Å². The summed E-state index contributed by atoms with van der Waals surface area (Å²) >= 11 is 0. The van der Waals surface area contributed by atoms with Crippen LogP contribution in [0.3, 0.4) is 0 Å². The quantitative estimate of drug-likeness (QED) is 0.333. The molecule has 5 aromatic rings. The third-order valence-electron chi connectivity index (χ3n) is 6.11. The van der Waals surface area contributed by atoms with Crippen LogP contribution in [-0.2, 0) is 13.3 Å². The molecule has 0 N–H and O–H groups in total. The van der Waals surface area contributed by atoms with Gasteiger partial charge in [-0.25, -0.2) is 9.36 Å². The van der Waals surface area contributed by atoms with Crippen molar-refractivity contribution < 1.29 is 0 Å². The standard InChI is InChI=1S/C26H29N7/c1-18(2)20-10-9-11-21(19(3)4)26(20)31(16-32-24-14-7-5-12-22(24)27-29-32)17-33-25-15-8-6-13-23(25)28-30-33/h5-15,18-19H,16-17H2,1-4H3. The third-order valence-corrected chi connectivity index (χ3v) is 6.11. The number of para-hydroxylation sites is 3. The summed E-state index contributed by atoms with van der Waals surface area (Å²) in [4.78, 5) is 2.35. The van der Waals surface area contributed by atoms with E-state index in [1.807, 2.05) is 45.8 Å². The molecule has 0 saturated carbocycles. The number of anilines is 1. The molecule has 7 nitrogen and oxygen atoms in total. The van der Waals surface area contributed by atoms with Crippen LogP contribution in [0, 0.1) is 0 Å². The average Bonchev–Trinajstić information content (AvgIpc) is 3.42. The van der Waals surface area contributed by atoms with E-state index < -0.39 is 0 Å². The monoisotopic (exact) mass is 439 g/mol. The Balaban J connectivity index is 1.66. The highest BCUT2D eigenvalue weighted by Gasteiger charge is 2.22. The first-order chi connectivity index (χ1) is 16.0. The van der Waals surface area contributed by atoms with Gasteiger partial charge in [-0.2, -0.15) is 0 Å². The maximum absolute atomic E-state index is 4.48. The zero-order valence-electron chi connectivity index (χ0n) is 19.6. The Labute approximate surface area is 193 Å². The Morgan fingerprint density at radius 2 is 1.09 bits per heavy atom. The van der Waals surface area contributed by atoms with Gasteiger partial charge in [-0.15, -0.1) is 10.2 Å². The van der Waals surface area contributed by atoms with E-state index in [4.69, 9.17) is 0 Å². The van der Waals surface area contributed by atoms with Gasteiger partial charge in [0.05, 0.1) is 11.0 Å². The van der Waals surface area contributed by atoms with Gasteiger partial charge in [0.15, 0.2) is 0 Å². The molecule has 0 aliphatic heterocycles. The minimum absolute atomic E-state index is 0.376. The normalized spacial score (nSPS) is 11.8. The SMILES string of the molecule is CC(C)c1cccc(C(C)C)c1N(Cn1nnc2ccccc21)Cn1nnc2ccccc21. The van der Waals surface area contributed by atoms with Gasteiger partial charge in [-0.05, 0) is 47.2 Å². The second-order valence-electron chi connectivity index (χ2n) is 9.07. The first-order valence-electron chi connectivity index (χ1n) is 11.5. The van der Waals surface area contributed by atoms with Gasteiger partial charge in [0, 0.05) is 5.69 Å². The summed E-state index contributed by atoms with van der Waals surface area (Å²) in [6, 6.07) is 22.8. The van der Waals surface area contributed by atoms with E-state index in [0.29, 0.717) is 25.2 Å². The minimum atomic E-state index is 0.376. The molecule has 0 radical (unpaired) electrons. The lowest BCUT2D eigenvalue weighted by atomic mass is 9.92. The fourth-order valence-corrected chi connectivity index (χ4v) is 4.43. The van der Waals surface area contributed by atoms with Crippen molar-refractivity contribution in [1.29, 1.82) is 0 Å². The molecule has 168 valence electrons. The molecule has 2 aromatic heterocycles. The average molecular weight is 440 g/mol. The molecule has 0 unspecified atom stereocenters. The summed E-state index contributed by atoms with van der Waals surface area (Å²) in [5, 5.41) is 17.7. The molecule has 0 fully saturated rings. The number of hydrogen-bond donors (Lipinski definition) is 0. The Bertz CT molecular complexity index is 1290. The van der Waals surface area contributed by atoms with E-state index in [1.54, 1.807) is 0 Å². The van der Waals surface area contributed by atoms with E-state index >= 15 is 0 Å². The van der Waals surface area contributed by atoms with Crippen molar-refractivity contribution in [2.45, 2.75) is 52.9 Å². The van der Waals surface area contributed by atoms with Gasteiger partial charge >= 0.3 is 0 Å². The van der Waals surface area contributed by atoms with Gasteiger partial charge < -0.3 is 4.90 Å². The van der Waals surface area contributed by atoms with Crippen molar-refractivity contribution >= 4 is 27.8 Å². The van der Waals surface area contributed by atoms with Crippen LogP contribution in [0.15, 0.2) is 66.7 Å². The molecular formula is C26H29N7. The molecule has 33 heavy (non-hydrogen) atoms. The van der Waals surface area contributed by atoms with Gasteiger partial charge in [-0.1, -0.05) is 80.6 Å². The first-order valence-corrected chi connectivity index (χ1v) is 11.5. The summed E-state index contributed by atoms with van der Waals surface area (Å²) in [6.45, 7) is 10.1. The second kappa shape index (κ2) is 8.65. The van der Waals surface area contributed by atoms with Crippen LogP contribution in [0.5, 0.6) is 0 Å². The molecular weight excluding hydrogens is 410 g/mol. The molecule has 3 aromatic carbocycles. The number of rotatable bonds is 7. The summed E-state index contributed by atoms with van der Waals surface area (Å²) in [7, 11) is 0. The van der Waals surface area contributed by atoms with Crippen LogP contribution < -0.4 is 4.90 Å². The summed E-state index contributed by atoms with van der Waals surface area (Å²) in [5.74, 6) is 0.752. The fourth-order valence-electron chi connectivity index (χ4n) is 4.43. The van der Waals surface area contributed by atoms with Crippen molar-refractivity contribution in [2.24, 2.45) is 0 Å². The molecule has 0 bridgehead atoms. The summed E-state index contributed by atoms with van der Waals surface area (Å²) in [5.41, 5.74) is 7.68. The predicted molar refractivity (Wildman–Crippen MR) is 132 cm³/mol. The van der Waals surface area contributed by atoms with Crippen LogP contribution in [0.4, 0.5) is 5.69 Å². The molecule has 0 aliphatic carbocycles. The molecule has 7 heteroatoms. The van der Waals surface area contributed by atoms with Crippen molar-refractivity contribution in [2.75, 3.05) is 4.90 Å². The smallest absolute Gasteiger partial charge is 0.116 e. The molecule has 0 amide bonds. The topological polar surface area (TPSA) is 64.7 Å². The van der Waals surface area contributed by atoms with E-state index in [9.17, 15) is 0 Å². The van der Waals surface area contributed by atoms with Crippen molar-refractivity contribution in [3.63, 3.8) is 0 Å². The lowest BCUT2D eigenvalue weighted by molar-refractivity contribution is 0.494. The summed E-state index contributed by atoms with van der Waals surface area (Å²) in [6.07, 6.45) is 0. The fraction of sp³-hybridized carbons (Fsp3) is 0.308. The van der Waals surface area contributed by atoms with Gasteiger partial charge in [-0.3, -0.25) is 0 Å². The largest absolute Gasteiger partial charge is 0.332 e. The number of benzene rings is 3. The van der Waals surface area contributed by atoms with Crippen LogP contribution in [0.25, 0.3) is 22.1 Å². The Morgan fingerprint density at radius 3 is 1.55 bits per heavy atom. The minimum Gasteiger partial charge on any atom is -0.332 e. The number of aromatic nitrogens is 6. The van der Waals surface area contributed by atoms with E-state index in [1.165, 1.54) is 16.8 Å². The van der Waals surface area contributed by atoms with Crippen LogP contribution >= 0.6 is 0 Å². The maximum atomic E-state index is 4.48. The van der Waals surface area contributed by atoms with E-state index in [2.05, 4.69) is 83.6 Å². The predicted octanol–water partition coefficient (Wildman–Crippen LogP) is 5.54.